The topological polar surface area (TPSA) is 70.6 Å². The van der Waals surface area contributed by atoms with E-state index in [1.54, 1.807) is 12.4 Å². The van der Waals surface area contributed by atoms with Gasteiger partial charge in [-0.3, -0.25) is 4.79 Å². The number of morpholine rings is 1. The fraction of sp³-hybridized carbons (Fsp3) is 0.615. The van der Waals surface area contributed by atoms with Gasteiger partial charge in [-0.25, -0.2) is 9.97 Å². The first-order chi connectivity index (χ1) is 10.2. The van der Waals surface area contributed by atoms with E-state index in [4.69, 9.17) is 4.74 Å². The average Bonchev–Trinajstić information content (AvgIpc) is 2.56. The molecule has 1 aromatic heterocycles. The van der Waals surface area contributed by atoms with Gasteiger partial charge in [0.2, 0.25) is 5.95 Å². The second-order valence-corrected chi connectivity index (χ2v) is 5.99. The quantitative estimate of drug-likeness (QED) is 0.797. The number of aromatic nitrogens is 2. The summed E-state index contributed by atoms with van der Waals surface area (Å²) >= 11 is 3.33. The van der Waals surface area contributed by atoms with Gasteiger partial charge in [0.1, 0.15) is 6.10 Å². The minimum Gasteiger partial charge on any atom is -0.366 e. The maximum atomic E-state index is 12.3. The first kappa shape index (κ1) is 14.7. The third-order valence-corrected chi connectivity index (χ3v) is 4.09. The SMILES string of the molecule is O=C(C1CNCCO1)N1CCN(c2ncc(Br)cn2)CC1. The summed E-state index contributed by atoms with van der Waals surface area (Å²) in [7, 11) is 0. The smallest absolute Gasteiger partial charge is 0.253 e. The van der Waals surface area contributed by atoms with Gasteiger partial charge in [-0.2, -0.15) is 0 Å². The number of anilines is 1. The molecule has 2 fully saturated rings. The molecule has 0 aromatic carbocycles. The van der Waals surface area contributed by atoms with Crippen LogP contribution in [0.15, 0.2) is 16.9 Å². The van der Waals surface area contributed by atoms with Crippen LogP contribution in [-0.4, -0.2) is 72.8 Å². The van der Waals surface area contributed by atoms with E-state index >= 15 is 0 Å². The second kappa shape index (κ2) is 6.67. The van der Waals surface area contributed by atoms with E-state index < -0.39 is 0 Å². The first-order valence-corrected chi connectivity index (χ1v) is 7.87. The highest BCUT2D eigenvalue weighted by atomic mass is 79.9. The summed E-state index contributed by atoms with van der Waals surface area (Å²) in [5, 5.41) is 3.19. The standard InChI is InChI=1S/C13H18BrN5O2/c14-10-7-16-13(17-8-10)19-4-2-18(3-5-19)12(20)11-9-15-1-6-21-11/h7-8,11,15H,1-6,9H2. The lowest BCUT2D eigenvalue weighted by Gasteiger charge is -2.37. The predicted octanol–water partition coefficient (Wildman–Crippen LogP) is -0.124. The Bertz CT molecular complexity index is 484. The van der Waals surface area contributed by atoms with E-state index in [1.165, 1.54) is 0 Å². The molecule has 1 aromatic rings. The molecule has 0 spiro atoms. The van der Waals surface area contributed by atoms with E-state index in [0.717, 1.165) is 24.1 Å². The van der Waals surface area contributed by atoms with Gasteiger partial charge in [-0.1, -0.05) is 0 Å². The Labute approximate surface area is 131 Å². The molecule has 0 aliphatic carbocycles. The van der Waals surface area contributed by atoms with Gasteiger partial charge in [0, 0.05) is 51.7 Å². The van der Waals surface area contributed by atoms with E-state index in [-0.39, 0.29) is 12.0 Å². The van der Waals surface area contributed by atoms with Crippen LogP contribution in [0.4, 0.5) is 5.95 Å². The third-order valence-electron chi connectivity index (χ3n) is 3.68. The zero-order chi connectivity index (χ0) is 14.7. The molecule has 1 N–H and O–H groups in total. The van der Waals surface area contributed by atoms with Gasteiger partial charge in [0.15, 0.2) is 0 Å². The summed E-state index contributed by atoms with van der Waals surface area (Å²) in [6, 6.07) is 0. The summed E-state index contributed by atoms with van der Waals surface area (Å²) in [4.78, 5) is 24.9. The van der Waals surface area contributed by atoms with Crippen LogP contribution in [0.1, 0.15) is 0 Å². The van der Waals surface area contributed by atoms with Crippen LogP contribution >= 0.6 is 15.9 Å². The number of halogens is 1. The van der Waals surface area contributed by atoms with Gasteiger partial charge in [-0.15, -0.1) is 0 Å². The van der Waals surface area contributed by atoms with Crippen molar-refractivity contribution in [1.82, 2.24) is 20.2 Å². The molecule has 0 radical (unpaired) electrons. The number of hydrogen-bond donors (Lipinski definition) is 1. The molecule has 1 atom stereocenters. The number of amides is 1. The fourth-order valence-corrected chi connectivity index (χ4v) is 2.73. The zero-order valence-electron chi connectivity index (χ0n) is 11.7. The number of carbonyl (C=O) groups is 1. The Morgan fingerprint density at radius 2 is 2.00 bits per heavy atom. The second-order valence-electron chi connectivity index (χ2n) is 5.08. The third kappa shape index (κ3) is 3.50. The molecule has 7 nitrogen and oxygen atoms in total. The summed E-state index contributed by atoms with van der Waals surface area (Å²) in [5.74, 6) is 0.791. The van der Waals surface area contributed by atoms with Crippen molar-refractivity contribution in [3.63, 3.8) is 0 Å². The lowest BCUT2D eigenvalue weighted by atomic mass is 10.2. The van der Waals surface area contributed by atoms with E-state index in [2.05, 4.69) is 36.1 Å². The van der Waals surface area contributed by atoms with Crippen LogP contribution in [0.3, 0.4) is 0 Å². The number of carbonyl (C=O) groups excluding carboxylic acids is 1. The Kier molecular flexibility index (Phi) is 4.67. The Morgan fingerprint density at radius 1 is 1.29 bits per heavy atom. The van der Waals surface area contributed by atoms with E-state index in [1.807, 2.05) is 4.90 Å². The van der Waals surface area contributed by atoms with Crippen LogP contribution in [0.2, 0.25) is 0 Å². The van der Waals surface area contributed by atoms with Crippen molar-refractivity contribution in [3.8, 4) is 0 Å². The van der Waals surface area contributed by atoms with Crippen molar-refractivity contribution in [3.05, 3.63) is 16.9 Å². The van der Waals surface area contributed by atoms with Crippen molar-refractivity contribution in [2.45, 2.75) is 6.10 Å². The molecule has 0 bridgehead atoms. The molecule has 21 heavy (non-hydrogen) atoms. The maximum absolute atomic E-state index is 12.3. The average molecular weight is 356 g/mol. The largest absolute Gasteiger partial charge is 0.366 e. The summed E-state index contributed by atoms with van der Waals surface area (Å²) in [6.07, 6.45) is 3.14. The molecule has 1 amide bonds. The molecule has 2 aliphatic heterocycles. The highest BCUT2D eigenvalue weighted by Crippen LogP contribution is 2.14. The van der Waals surface area contributed by atoms with E-state index in [0.29, 0.717) is 32.2 Å². The zero-order valence-corrected chi connectivity index (χ0v) is 13.3. The minimum absolute atomic E-state index is 0.0820. The van der Waals surface area contributed by atoms with Gasteiger partial charge in [0.05, 0.1) is 11.1 Å². The van der Waals surface area contributed by atoms with Crippen LogP contribution < -0.4 is 10.2 Å². The van der Waals surface area contributed by atoms with Gasteiger partial charge >= 0.3 is 0 Å². The molecule has 2 saturated heterocycles. The molecule has 0 saturated carbocycles. The van der Waals surface area contributed by atoms with Gasteiger partial charge in [-0.05, 0) is 15.9 Å². The van der Waals surface area contributed by atoms with Crippen molar-refractivity contribution < 1.29 is 9.53 Å². The Balaban J connectivity index is 1.54. The number of hydrogen-bond acceptors (Lipinski definition) is 6. The molecule has 3 rings (SSSR count). The molecule has 8 heteroatoms. The predicted molar refractivity (Wildman–Crippen MR) is 81.1 cm³/mol. The van der Waals surface area contributed by atoms with Crippen molar-refractivity contribution >= 4 is 27.8 Å². The normalized spacial score (nSPS) is 23.2. The maximum Gasteiger partial charge on any atom is 0.253 e. The van der Waals surface area contributed by atoms with Crippen LogP contribution in [0, 0.1) is 0 Å². The fourth-order valence-electron chi connectivity index (χ4n) is 2.52. The summed E-state index contributed by atoms with van der Waals surface area (Å²) < 4.78 is 6.38. The molecule has 114 valence electrons. The van der Waals surface area contributed by atoms with Crippen LogP contribution in [0.5, 0.6) is 0 Å². The number of nitrogens with zero attached hydrogens (tertiary/aromatic N) is 4. The molecule has 3 heterocycles. The summed E-state index contributed by atoms with van der Waals surface area (Å²) in [5.41, 5.74) is 0. The van der Waals surface area contributed by atoms with Crippen LogP contribution in [0.25, 0.3) is 0 Å². The number of rotatable bonds is 2. The Morgan fingerprint density at radius 3 is 2.62 bits per heavy atom. The molecule has 1 unspecified atom stereocenters. The Hall–Kier alpha value is -1.25. The lowest BCUT2D eigenvalue weighted by Crippen LogP contribution is -2.55. The van der Waals surface area contributed by atoms with Crippen molar-refractivity contribution in [2.75, 3.05) is 50.8 Å². The molecular weight excluding hydrogens is 338 g/mol. The minimum atomic E-state index is -0.339. The lowest BCUT2D eigenvalue weighted by molar-refractivity contribution is -0.145. The van der Waals surface area contributed by atoms with Crippen molar-refractivity contribution in [2.24, 2.45) is 0 Å². The number of ether oxygens (including phenoxy) is 1. The number of piperazine rings is 1. The number of nitrogens with one attached hydrogen (secondary N) is 1. The van der Waals surface area contributed by atoms with E-state index in [9.17, 15) is 4.79 Å². The van der Waals surface area contributed by atoms with Crippen LogP contribution in [-0.2, 0) is 9.53 Å². The highest BCUT2D eigenvalue weighted by Gasteiger charge is 2.29. The summed E-state index contributed by atoms with van der Waals surface area (Å²) in [6.45, 7) is 4.87. The van der Waals surface area contributed by atoms with Crippen molar-refractivity contribution in [1.29, 1.82) is 0 Å². The molecule has 2 aliphatic rings. The molecular formula is C13H18BrN5O2. The first-order valence-electron chi connectivity index (χ1n) is 7.07. The monoisotopic (exact) mass is 355 g/mol. The highest BCUT2D eigenvalue weighted by molar-refractivity contribution is 9.10. The van der Waals surface area contributed by atoms with Gasteiger partial charge < -0.3 is 19.9 Å². The van der Waals surface area contributed by atoms with Gasteiger partial charge in [0.25, 0.3) is 5.91 Å².